The Kier molecular flexibility index (Phi) is 4.76. The topological polar surface area (TPSA) is 105 Å². The van der Waals surface area contributed by atoms with Crippen molar-refractivity contribution in [2.24, 2.45) is 0 Å². The van der Waals surface area contributed by atoms with Crippen LogP contribution in [-0.4, -0.2) is 31.8 Å². The van der Waals surface area contributed by atoms with E-state index in [1.165, 1.54) is 12.4 Å². The summed E-state index contributed by atoms with van der Waals surface area (Å²) < 4.78 is 1.55. The molecule has 0 bridgehead atoms. The summed E-state index contributed by atoms with van der Waals surface area (Å²) in [7, 11) is 0. The van der Waals surface area contributed by atoms with E-state index < -0.39 is 0 Å². The van der Waals surface area contributed by atoms with Crippen LogP contribution in [0.25, 0.3) is 11.4 Å². The third kappa shape index (κ3) is 3.42. The van der Waals surface area contributed by atoms with Crippen molar-refractivity contribution in [2.75, 3.05) is 11.4 Å². The number of anilines is 2. The summed E-state index contributed by atoms with van der Waals surface area (Å²) in [6.45, 7) is 0.321. The Morgan fingerprint density at radius 2 is 1.94 bits per heavy atom. The summed E-state index contributed by atoms with van der Waals surface area (Å²) in [4.78, 5) is 40.7. The van der Waals surface area contributed by atoms with Gasteiger partial charge in [-0.25, -0.2) is 15.0 Å². The van der Waals surface area contributed by atoms with E-state index in [-0.39, 0.29) is 17.9 Å². The number of fused-ring (bicyclic) bond motifs is 2. The van der Waals surface area contributed by atoms with Gasteiger partial charge in [-0.1, -0.05) is 30.3 Å². The van der Waals surface area contributed by atoms with E-state index >= 15 is 0 Å². The van der Waals surface area contributed by atoms with E-state index in [0.717, 1.165) is 11.3 Å². The molecule has 1 aliphatic heterocycles. The van der Waals surface area contributed by atoms with Crippen molar-refractivity contribution in [3.63, 3.8) is 0 Å². The van der Waals surface area contributed by atoms with E-state index in [2.05, 4.69) is 16.0 Å². The van der Waals surface area contributed by atoms with Crippen LogP contribution >= 0.6 is 0 Å². The van der Waals surface area contributed by atoms with Gasteiger partial charge in [0.05, 0.1) is 36.1 Å². The minimum Gasteiger partial charge on any atom is -0.304 e. The standard InChI is InChI=1S/C24H16N6O2/c25-12-16-4-3-6-17(10-16)22(31)14-29-21-7-2-1-5-18(21)13-30-23(32)11-20(28-24(29)30)19-8-9-26-15-27-19/h1-11,15H,13-14H2. The number of benzene rings is 2. The number of aromatic nitrogens is 4. The third-order valence-electron chi connectivity index (χ3n) is 5.30. The lowest BCUT2D eigenvalue weighted by Crippen LogP contribution is -2.37. The first kappa shape index (κ1) is 19.3. The molecule has 0 N–H and O–H groups in total. The maximum absolute atomic E-state index is 13.2. The van der Waals surface area contributed by atoms with E-state index in [0.29, 0.717) is 35.0 Å². The summed E-state index contributed by atoms with van der Waals surface area (Å²) in [5.74, 6) is 0.182. The summed E-state index contributed by atoms with van der Waals surface area (Å²) in [6, 6.07) is 19.4. The normalized spacial score (nSPS) is 11.9. The zero-order chi connectivity index (χ0) is 22.1. The first-order valence-corrected chi connectivity index (χ1v) is 9.91. The molecule has 5 rings (SSSR count). The first-order valence-electron chi connectivity index (χ1n) is 9.91. The lowest BCUT2D eigenvalue weighted by atomic mass is 10.1. The monoisotopic (exact) mass is 420 g/mol. The molecule has 2 aromatic heterocycles. The highest BCUT2D eigenvalue weighted by Gasteiger charge is 2.27. The number of carbonyl (C=O) groups is 1. The van der Waals surface area contributed by atoms with Gasteiger partial charge in [0.25, 0.3) is 5.56 Å². The van der Waals surface area contributed by atoms with Crippen LogP contribution in [0, 0.1) is 11.3 Å². The number of ketones is 1. The molecule has 0 radical (unpaired) electrons. The van der Waals surface area contributed by atoms with Crippen molar-refractivity contribution in [3.05, 3.63) is 100 Å². The van der Waals surface area contributed by atoms with Crippen molar-refractivity contribution < 1.29 is 4.79 Å². The molecule has 8 nitrogen and oxygen atoms in total. The van der Waals surface area contributed by atoms with Crippen LogP contribution in [0.2, 0.25) is 0 Å². The molecule has 0 saturated heterocycles. The molecule has 3 heterocycles. The van der Waals surface area contributed by atoms with Crippen molar-refractivity contribution in [1.82, 2.24) is 19.5 Å². The summed E-state index contributed by atoms with van der Waals surface area (Å²) in [6.07, 6.45) is 2.98. The zero-order valence-corrected chi connectivity index (χ0v) is 16.8. The third-order valence-corrected chi connectivity index (χ3v) is 5.30. The molecule has 0 unspecified atom stereocenters. The van der Waals surface area contributed by atoms with Gasteiger partial charge in [-0.2, -0.15) is 5.26 Å². The number of nitriles is 1. The Balaban J connectivity index is 1.62. The first-order chi connectivity index (χ1) is 15.6. The lowest BCUT2D eigenvalue weighted by molar-refractivity contribution is 0.100. The fraction of sp³-hybridized carbons (Fsp3) is 0.0833. The quantitative estimate of drug-likeness (QED) is 0.468. The summed E-state index contributed by atoms with van der Waals surface area (Å²) in [5.41, 5.74) is 3.26. The van der Waals surface area contributed by atoms with Crippen LogP contribution in [0.15, 0.2) is 78.0 Å². The van der Waals surface area contributed by atoms with E-state index in [1.807, 2.05) is 24.3 Å². The van der Waals surface area contributed by atoms with Gasteiger partial charge < -0.3 is 4.90 Å². The van der Waals surface area contributed by atoms with Crippen molar-refractivity contribution >= 4 is 17.4 Å². The van der Waals surface area contributed by atoms with Gasteiger partial charge in [0.15, 0.2) is 5.78 Å². The van der Waals surface area contributed by atoms with Crippen LogP contribution in [-0.2, 0) is 6.54 Å². The van der Waals surface area contributed by atoms with E-state index in [4.69, 9.17) is 10.2 Å². The zero-order valence-electron chi connectivity index (χ0n) is 16.8. The number of hydrogen-bond acceptors (Lipinski definition) is 7. The minimum atomic E-state index is -0.234. The molecule has 32 heavy (non-hydrogen) atoms. The van der Waals surface area contributed by atoms with Gasteiger partial charge in [-0.3, -0.25) is 14.2 Å². The Labute approximate surface area is 183 Å². The molecule has 4 aromatic rings. The van der Waals surface area contributed by atoms with Crippen molar-refractivity contribution in [2.45, 2.75) is 6.54 Å². The number of rotatable bonds is 4. The second-order valence-electron chi connectivity index (χ2n) is 7.29. The molecule has 0 fully saturated rings. The number of hydrogen-bond donors (Lipinski definition) is 0. The van der Waals surface area contributed by atoms with Gasteiger partial charge >= 0.3 is 0 Å². The van der Waals surface area contributed by atoms with Gasteiger partial charge in [0.1, 0.15) is 6.33 Å². The highest BCUT2D eigenvalue weighted by Crippen LogP contribution is 2.33. The van der Waals surface area contributed by atoms with Crippen LogP contribution in [0.5, 0.6) is 0 Å². The number of para-hydroxylation sites is 1. The smallest absolute Gasteiger partial charge is 0.255 e. The maximum Gasteiger partial charge on any atom is 0.255 e. The van der Waals surface area contributed by atoms with Gasteiger partial charge in [0.2, 0.25) is 5.95 Å². The second kappa shape index (κ2) is 7.89. The summed E-state index contributed by atoms with van der Waals surface area (Å²) in [5, 5.41) is 9.16. The van der Waals surface area contributed by atoms with Crippen LogP contribution in [0.1, 0.15) is 21.5 Å². The fourth-order valence-corrected chi connectivity index (χ4v) is 3.76. The number of Topliss-reactive ketones (excluding diaryl/α,β-unsaturated/α-hetero) is 1. The molecular formula is C24H16N6O2. The van der Waals surface area contributed by atoms with Gasteiger partial charge in [-0.15, -0.1) is 0 Å². The SMILES string of the molecule is N#Cc1cccc(C(=O)CN2c3ccccc3Cn3c2nc(-c2ccncn2)cc3=O)c1. The molecule has 154 valence electrons. The van der Waals surface area contributed by atoms with E-state index in [9.17, 15) is 9.59 Å². The molecule has 0 aliphatic carbocycles. The molecule has 0 saturated carbocycles. The lowest BCUT2D eigenvalue weighted by Gasteiger charge is -2.32. The maximum atomic E-state index is 13.2. The van der Waals surface area contributed by atoms with Gasteiger partial charge in [0, 0.05) is 23.5 Å². The highest BCUT2D eigenvalue weighted by atomic mass is 16.1. The largest absolute Gasteiger partial charge is 0.304 e. The average molecular weight is 420 g/mol. The molecule has 0 amide bonds. The predicted molar refractivity (Wildman–Crippen MR) is 118 cm³/mol. The fourth-order valence-electron chi connectivity index (χ4n) is 3.76. The molecule has 0 spiro atoms. The predicted octanol–water partition coefficient (Wildman–Crippen LogP) is 2.95. The minimum absolute atomic E-state index is 0.0361. The van der Waals surface area contributed by atoms with Crippen LogP contribution in [0.3, 0.4) is 0 Å². The molecule has 1 aliphatic rings. The average Bonchev–Trinajstić information content (AvgIpc) is 2.84. The number of nitrogens with zero attached hydrogens (tertiary/aromatic N) is 6. The second-order valence-corrected chi connectivity index (χ2v) is 7.29. The molecule has 2 aromatic carbocycles. The molecule has 0 atom stereocenters. The Morgan fingerprint density at radius 1 is 1.06 bits per heavy atom. The molecular weight excluding hydrogens is 404 g/mol. The Bertz CT molecular complexity index is 1440. The Morgan fingerprint density at radius 3 is 2.75 bits per heavy atom. The molecule has 8 heteroatoms. The Hall–Kier alpha value is -4.64. The van der Waals surface area contributed by atoms with E-state index in [1.54, 1.807) is 46.0 Å². The van der Waals surface area contributed by atoms with Crippen LogP contribution < -0.4 is 10.5 Å². The van der Waals surface area contributed by atoms with Gasteiger partial charge in [-0.05, 0) is 29.8 Å². The van der Waals surface area contributed by atoms with Crippen molar-refractivity contribution in [3.8, 4) is 17.5 Å². The highest BCUT2D eigenvalue weighted by molar-refractivity contribution is 6.00. The van der Waals surface area contributed by atoms with Crippen molar-refractivity contribution in [1.29, 1.82) is 5.26 Å². The number of carbonyl (C=O) groups excluding carboxylic acids is 1. The summed E-state index contributed by atoms with van der Waals surface area (Å²) >= 11 is 0. The van der Waals surface area contributed by atoms with Crippen LogP contribution in [0.4, 0.5) is 11.6 Å².